The molecule has 0 saturated carbocycles. The summed E-state index contributed by atoms with van der Waals surface area (Å²) >= 11 is 5.93. The number of carbonyl (C=O) groups is 1. The van der Waals surface area contributed by atoms with Crippen LogP contribution in [0.5, 0.6) is 0 Å². The molecule has 0 aliphatic carbocycles. The number of halogens is 1. The van der Waals surface area contributed by atoms with Gasteiger partial charge in [0, 0.05) is 43.4 Å². The van der Waals surface area contributed by atoms with Crippen LogP contribution in [0.3, 0.4) is 0 Å². The van der Waals surface area contributed by atoms with Crippen LogP contribution in [0.2, 0.25) is 5.02 Å². The van der Waals surface area contributed by atoms with Crippen LogP contribution in [0.4, 0.5) is 5.69 Å². The number of nitrogens with one attached hydrogen (secondary N) is 1. The lowest BCUT2D eigenvalue weighted by Crippen LogP contribution is -2.40. The van der Waals surface area contributed by atoms with E-state index in [-0.39, 0.29) is 19.1 Å². The summed E-state index contributed by atoms with van der Waals surface area (Å²) < 4.78 is 0. The SMILES string of the molecule is O=C(CN(CCO)Cc1ccc(Cl)cc1)NCC1CCN(c2ccccc2)C1. The molecular formula is C22H28ClN3O2. The lowest BCUT2D eigenvalue weighted by atomic mass is 10.1. The molecule has 0 aromatic heterocycles. The van der Waals surface area contributed by atoms with Crippen LogP contribution < -0.4 is 10.2 Å². The smallest absolute Gasteiger partial charge is 0.234 e. The number of anilines is 1. The molecule has 0 bridgehead atoms. The predicted molar refractivity (Wildman–Crippen MR) is 114 cm³/mol. The van der Waals surface area contributed by atoms with Crippen molar-refractivity contribution in [3.8, 4) is 0 Å². The Kier molecular flexibility index (Phi) is 7.71. The summed E-state index contributed by atoms with van der Waals surface area (Å²) in [6.45, 7) is 4.05. The zero-order valence-electron chi connectivity index (χ0n) is 16.1. The molecule has 1 heterocycles. The predicted octanol–water partition coefficient (Wildman–Crippen LogP) is 2.78. The van der Waals surface area contributed by atoms with Gasteiger partial charge in [-0.1, -0.05) is 41.9 Å². The number of para-hydroxylation sites is 1. The third kappa shape index (κ3) is 6.23. The minimum atomic E-state index is 0.000532. The fourth-order valence-corrected chi connectivity index (χ4v) is 3.72. The molecule has 3 rings (SSSR count). The Morgan fingerprint density at radius 1 is 1.18 bits per heavy atom. The Morgan fingerprint density at radius 2 is 1.93 bits per heavy atom. The second kappa shape index (κ2) is 10.5. The summed E-state index contributed by atoms with van der Waals surface area (Å²) in [5.74, 6) is 0.465. The minimum Gasteiger partial charge on any atom is -0.395 e. The molecule has 6 heteroatoms. The Bertz CT molecular complexity index is 739. The molecule has 2 aromatic carbocycles. The van der Waals surface area contributed by atoms with Crippen LogP contribution in [0.1, 0.15) is 12.0 Å². The van der Waals surface area contributed by atoms with E-state index in [4.69, 9.17) is 11.6 Å². The van der Waals surface area contributed by atoms with Gasteiger partial charge < -0.3 is 15.3 Å². The van der Waals surface area contributed by atoms with E-state index in [2.05, 4.69) is 34.5 Å². The van der Waals surface area contributed by atoms with Crippen molar-refractivity contribution in [2.75, 3.05) is 44.2 Å². The van der Waals surface area contributed by atoms with Gasteiger partial charge in [0.15, 0.2) is 0 Å². The van der Waals surface area contributed by atoms with Crippen molar-refractivity contribution in [1.82, 2.24) is 10.2 Å². The summed E-state index contributed by atoms with van der Waals surface area (Å²) in [6.07, 6.45) is 1.08. The standard InChI is InChI=1S/C22H28ClN3O2/c23-20-8-6-18(7-9-20)15-25(12-13-27)17-22(28)24-14-19-10-11-26(16-19)21-4-2-1-3-5-21/h1-9,19,27H,10-17H2,(H,24,28). The van der Waals surface area contributed by atoms with Crippen LogP contribution in [0.25, 0.3) is 0 Å². The summed E-state index contributed by atoms with van der Waals surface area (Å²) in [4.78, 5) is 16.7. The molecule has 1 aliphatic rings. The number of hydrogen-bond donors (Lipinski definition) is 2. The highest BCUT2D eigenvalue weighted by atomic mass is 35.5. The van der Waals surface area contributed by atoms with E-state index in [0.717, 1.165) is 25.1 Å². The zero-order valence-corrected chi connectivity index (χ0v) is 16.8. The molecule has 0 spiro atoms. The van der Waals surface area contributed by atoms with Gasteiger partial charge in [-0.05, 0) is 42.2 Å². The molecule has 1 amide bonds. The molecular weight excluding hydrogens is 374 g/mol. The third-order valence-electron chi connectivity index (χ3n) is 5.10. The van der Waals surface area contributed by atoms with E-state index in [1.54, 1.807) is 0 Å². The largest absolute Gasteiger partial charge is 0.395 e. The van der Waals surface area contributed by atoms with E-state index < -0.39 is 0 Å². The Morgan fingerprint density at radius 3 is 2.64 bits per heavy atom. The van der Waals surface area contributed by atoms with Gasteiger partial charge in [-0.3, -0.25) is 9.69 Å². The second-order valence-electron chi connectivity index (χ2n) is 7.30. The molecule has 5 nitrogen and oxygen atoms in total. The number of hydrogen-bond acceptors (Lipinski definition) is 4. The van der Waals surface area contributed by atoms with Gasteiger partial charge in [-0.25, -0.2) is 0 Å². The lowest BCUT2D eigenvalue weighted by Gasteiger charge is -2.22. The van der Waals surface area contributed by atoms with Gasteiger partial charge >= 0.3 is 0 Å². The first kappa shape index (κ1) is 20.6. The average Bonchev–Trinajstić information content (AvgIpc) is 3.18. The van der Waals surface area contributed by atoms with Gasteiger partial charge in [0.2, 0.25) is 5.91 Å². The maximum absolute atomic E-state index is 12.4. The molecule has 1 atom stereocenters. The number of rotatable bonds is 9. The van der Waals surface area contributed by atoms with Gasteiger partial charge in [0.25, 0.3) is 0 Å². The topological polar surface area (TPSA) is 55.8 Å². The van der Waals surface area contributed by atoms with Crippen LogP contribution in [0.15, 0.2) is 54.6 Å². The van der Waals surface area contributed by atoms with Crippen molar-refractivity contribution in [3.63, 3.8) is 0 Å². The van der Waals surface area contributed by atoms with Gasteiger partial charge in [0.1, 0.15) is 0 Å². The van der Waals surface area contributed by atoms with Crippen molar-refractivity contribution in [3.05, 3.63) is 65.2 Å². The number of amides is 1. The summed E-state index contributed by atoms with van der Waals surface area (Å²) in [7, 11) is 0. The maximum Gasteiger partial charge on any atom is 0.234 e. The Hall–Kier alpha value is -2.08. The van der Waals surface area contributed by atoms with Crippen molar-refractivity contribution in [2.45, 2.75) is 13.0 Å². The Labute approximate surface area is 171 Å². The molecule has 1 unspecified atom stereocenters. The first-order valence-corrected chi connectivity index (χ1v) is 10.2. The van der Waals surface area contributed by atoms with Gasteiger partial charge in [-0.15, -0.1) is 0 Å². The van der Waals surface area contributed by atoms with E-state index in [9.17, 15) is 9.90 Å². The van der Waals surface area contributed by atoms with Crippen LogP contribution in [-0.2, 0) is 11.3 Å². The summed E-state index contributed by atoms with van der Waals surface area (Å²) in [6, 6.07) is 18.0. The Balaban J connectivity index is 1.44. The molecule has 1 fully saturated rings. The fraction of sp³-hybridized carbons (Fsp3) is 0.409. The first-order chi connectivity index (χ1) is 13.6. The van der Waals surface area contributed by atoms with E-state index >= 15 is 0 Å². The molecule has 1 aliphatic heterocycles. The van der Waals surface area contributed by atoms with Crippen molar-refractivity contribution < 1.29 is 9.90 Å². The highest BCUT2D eigenvalue weighted by Gasteiger charge is 2.23. The molecule has 2 aromatic rings. The van der Waals surface area contributed by atoms with E-state index in [1.807, 2.05) is 35.2 Å². The first-order valence-electron chi connectivity index (χ1n) is 9.78. The zero-order chi connectivity index (χ0) is 19.8. The number of nitrogens with zero attached hydrogens (tertiary/aromatic N) is 2. The van der Waals surface area contributed by atoms with Crippen molar-refractivity contribution in [1.29, 1.82) is 0 Å². The average molecular weight is 402 g/mol. The van der Waals surface area contributed by atoms with E-state index in [0.29, 0.717) is 30.6 Å². The number of aliphatic hydroxyl groups is 1. The number of benzene rings is 2. The highest BCUT2D eigenvalue weighted by Crippen LogP contribution is 2.22. The molecule has 28 heavy (non-hydrogen) atoms. The quantitative estimate of drug-likeness (QED) is 0.678. The molecule has 150 valence electrons. The fourth-order valence-electron chi connectivity index (χ4n) is 3.59. The monoisotopic (exact) mass is 401 g/mol. The highest BCUT2D eigenvalue weighted by molar-refractivity contribution is 6.30. The van der Waals surface area contributed by atoms with Gasteiger partial charge in [0.05, 0.1) is 13.2 Å². The summed E-state index contributed by atoms with van der Waals surface area (Å²) in [5, 5.41) is 13.1. The summed E-state index contributed by atoms with van der Waals surface area (Å²) in [5.41, 5.74) is 2.31. The van der Waals surface area contributed by atoms with Gasteiger partial charge in [-0.2, -0.15) is 0 Å². The van der Waals surface area contributed by atoms with E-state index in [1.165, 1.54) is 5.69 Å². The number of carbonyl (C=O) groups excluding carboxylic acids is 1. The molecule has 2 N–H and O–H groups in total. The second-order valence-corrected chi connectivity index (χ2v) is 7.74. The van der Waals surface area contributed by atoms with Crippen LogP contribution in [0, 0.1) is 5.92 Å². The van der Waals surface area contributed by atoms with Crippen molar-refractivity contribution in [2.24, 2.45) is 5.92 Å². The van der Waals surface area contributed by atoms with Crippen molar-refractivity contribution >= 4 is 23.2 Å². The normalized spacial score (nSPS) is 16.5. The molecule has 1 saturated heterocycles. The third-order valence-corrected chi connectivity index (χ3v) is 5.35. The lowest BCUT2D eigenvalue weighted by molar-refractivity contribution is -0.122. The minimum absolute atomic E-state index is 0.000532. The molecule has 0 radical (unpaired) electrons. The number of aliphatic hydroxyl groups excluding tert-OH is 1. The van der Waals surface area contributed by atoms with Crippen LogP contribution in [-0.4, -0.2) is 55.2 Å². The maximum atomic E-state index is 12.4. The van der Waals surface area contributed by atoms with Crippen LogP contribution >= 0.6 is 11.6 Å².